The van der Waals surface area contributed by atoms with Crippen molar-refractivity contribution in [2.75, 3.05) is 0 Å². The monoisotopic (exact) mass is 117 g/mol. The number of halogens is 1. The number of alkyl halides is 1. The Balaban J connectivity index is 3.84. The summed E-state index contributed by atoms with van der Waals surface area (Å²) < 4.78 is 11.9. The maximum Gasteiger partial charge on any atom is 0.246 e. The molecule has 0 heterocycles. The molecule has 0 aromatic carbocycles. The first kappa shape index (κ1) is 7.14. The van der Waals surface area contributed by atoms with Gasteiger partial charge in [-0.3, -0.25) is 4.79 Å². The van der Waals surface area contributed by atoms with Crippen molar-refractivity contribution in [3.63, 3.8) is 0 Å². The molecule has 2 nitrogen and oxygen atoms in total. The van der Waals surface area contributed by atoms with Crippen LogP contribution in [-0.4, -0.2) is 12.1 Å². The molecule has 1 atom stereocenters. The summed E-state index contributed by atoms with van der Waals surface area (Å²) in [6, 6.07) is 0. The molecule has 0 aliphatic carbocycles. The molecule has 0 rings (SSSR count). The lowest BCUT2D eigenvalue weighted by Crippen LogP contribution is -2.18. The molecule has 1 amide bonds. The fourth-order valence-corrected chi connectivity index (χ4v) is 0.196. The van der Waals surface area contributed by atoms with E-state index in [9.17, 15) is 9.18 Å². The Morgan fingerprint density at radius 2 is 2.25 bits per heavy atom. The number of hydrogen-bond donors (Lipinski definition) is 1. The summed E-state index contributed by atoms with van der Waals surface area (Å²) in [4.78, 5) is 10.0. The molecule has 0 saturated carbocycles. The number of carbonyl (C=O) groups excluding carboxylic acids is 1. The zero-order valence-electron chi connectivity index (χ0n) is 4.65. The van der Waals surface area contributed by atoms with Gasteiger partial charge < -0.3 is 5.73 Å². The van der Waals surface area contributed by atoms with Gasteiger partial charge in [0.15, 0.2) is 0 Å². The number of nitrogens with two attached hydrogens (primary N) is 1. The molecule has 1 unspecified atom stereocenters. The van der Waals surface area contributed by atoms with Crippen molar-refractivity contribution in [2.45, 2.75) is 13.1 Å². The maximum atomic E-state index is 11.9. The van der Waals surface area contributed by atoms with Gasteiger partial charge in [-0.15, -0.1) is 0 Å². The van der Waals surface area contributed by atoms with E-state index in [0.29, 0.717) is 0 Å². The highest BCUT2D eigenvalue weighted by molar-refractivity contribution is 5.92. The molecule has 8 heavy (non-hydrogen) atoms. The van der Waals surface area contributed by atoms with Crippen LogP contribution in [0.1, 0.15) is 6.92 Å². The van der Waals surface area contributed by atoms with Crippen LogP contribution in [0.2, 0.25) is 0 Å². The van der Waals surface area contributed by atoms with Crippen LogP contribution in [0.5, 0.6) is 0 Å². The van der Waals surface area contributed by atoms with Gasteiger partial charge in [-0.2, -0.15) is 0 Å². The van der Waals surface area contributed by atoms with E-state index in [1.54, 1.807) is 0 Å². The van der Waals surface area contributed by atoms with Gasteiger partial charge in [0.25, 0.3) is 0 Å². The van der Waals surface area contributed by atoms with Crippen LogP contribution in [0.4, 0.5) is 4.39 Å². The molecule has 0 aromatic heterocycles. The van der Waals surface area contributed by atoms with Gasteiger partial charge in [-0.05, 0) is 6.92 Å². The number of carbonyl (C=O) groups is 1. The number of amides is 1. The standard InChI is InChI=1S/C5H8FNO/c1-3(4(2)6)5(7)8/h4H,1H2,2H3,(H2,7,8). The molecule has 0 radical (unpaired) electrons. The minimum atomic E-state index is -1.33. The quantitative estimate of drug-likeness (QED) is 0.522. The van der Waals surface area contributed by atoms with Crippen LogP contribution in [0, 0.1) is 0 Å². The van der Waals surface area contributed by atoms with Gasteiger partial charge in [0.05, 0.1) is 0 Å². The molecular formula is C5H8FNO. The first-order valence-corrected chi connectivity index (χ1v) is 2.18. The van der Waals surface area contributed by atoms with Crippen LogP contribution >= 0.6 is 0 Å². The van der Waals surface area contributed by atoms with Crippen molar-refractivity contribution in [1.82, 2.24) is 0 Å². The predicted molar refractivity (Wildman–Crippen MR) is 28.9 cm³/mol. The van der Waals surface area contributed by atoms with Gasteiger partial charge in [-0.1, -0.05) is 6.58 Å². The van der Waals surface area contributed by atoms with Gasteiger partial charge in [-0.25, -0.2) is 4.39 Å². The summed E-state index contributed by atoms with van der Waals surface area (Å²) in [7, 11) is 0. The number of rotatable bonds is 2. The second kappa shape index (κ2) is 2.45. The van der Waals surface area contributed by atoms with Crippen LogP contribution in [0.15, 0.2) is 12.2 Å². The topological polar surface area (TPSA) is 43.1 Å². The highest BCUT2D eigenvalue weighted by atomic mass is 19.1. The van der Waals surface area contributed by atoms with E-state index >= 15 is 0 Å². The average Bonchev–Trinajstić information content (AvgIpc) is 1.64. The Kier molecular flexibility index (Phi) is 2.19. The van der Waals surface area contributed by atoms with E-state index in [1.807, 2.05) is 0 Å². The van der Waals surface area contributed by atoms with E-state index < -0.39 is 12.1 Å². The van der Waals surface area contributed by atoms with Gasteiger partial charge in [0.1, 0.15) is 6.17 Å². The summed E-state index contributed by atoms with van der Waals surface area (Å²) >= 11 is 0. The van der Waals surface area contributed by atoms with Crippen LogP contribution < -0.4 is 5.73 Å². The van der Waals surface area contributed by atoms with Crippen molar-refractivity contribution >= 4 is 5.91 Å². The Bertz CT molecular complexity index is 120. The summed E-state index contributed by atoms with van der Waals surface area (Å²) in [6.07, 6.45) is -1.33. The van der Waals surface area contributed by atoms with E-state index in [2.05, 4.69) is 12.3 Å². The second-order valence-electron chi connectivity index (χ2n) is 1.51. The Hall–Kier alpha value is -0.860. The molecule has 0 aromatic rings. The molecule has 0 bridgehead atoms. The lowest BCUT2D eigenvalue weighted by Gasteiger charge is -1.97. The van der Waals surface area contributed by atoms with Crippen LogP contribution in [0.3, 0.4) is 0 Å². The zero-order valence-corrected chi connectivity index (χ0v) is 4.65. The maximum absolute atomic E-state index is 11.9. The minimum absolute atomic E-state index is 0.176. The van der Waals surface area contributed by atoms with Crippen molar-refractivity contribution in [3.8, 4) is 0 Å². The normalized spacial score (nSPS) is 12.8. The molecule has 46 valence electrons. The average molecular weight is 117 g/mol. The number of hydrogen-bond acceptors (Lipinski definition) is 1. The van der Waals surface area contributed by atoms with Crippen LogP contribution in [-0.2, 0) is 4.79 Å². The summed E-state index contributed by atoms with van der Waals surface area (Å²) in [5, 5.41) is 0. The fourth-order valence-electron chi connectivity index (χ4n) is 0.196. The van der Waals surface area contributed by atoms with Gasteiger partial charge >= 0.3 is 0 Å². The second-order valence-corrected chi connectivity index (χ2v) is 1.51. The third-order valence-electron chi connectivity index (χ3n) is 0.797. The third kappa shape index (κ3) is 1.73. The molecule has 0 aliphatic heterocycles. The highest BCUT2D eigenvalue weighted by Crippen LogP contribution is 2.00. The molecule has 0 saturated heterocycles. The highest BCUT2D eigenvalue weighted by Gasteiger charge is 2.08. The Morgan fingerprint density at radius 3 is 2.25 bits per heavy atom. The minimum Gasteiger partial charge on any atom is -0.366 e. The lowest BCUT2D eigenvalue weighted by molar-refractivity contribution is -0.115. The van der Waals surface area contributed by atoms with Gasteiger partial charge in [0.2, 0.25) is 5.91 Å². The molecule has 2 N–H and O–H groups in total. The molecule has 3 heteroatoms. The first-order chi connectivity index (χ1) is 3.55. The van der Waals surface area contributed by atoms with Crippen molar-refractivity contribution < 1.29 is 9.18 Å². The molecular weight excluding hydrogens is 109 g/mol. The van der Waals surface area contributed by atoms with Crippen molar-refractivity contribution in [1.29, 1.82) is 0 Å². The zero-order chi connectivity index (χ0) is 6.73. The Labute approximate surface area is 47.2 Å². The van der Waals surface area contributed by atoms with Crippen molar-refractivity contribution in [2.24, 2.45) is 5.73 Å². The van der Waals surface area contributed by atoms with Crippen LogP contribution in [0.25, 0.3) is 0 Å². The molecule has 0 spiro atoms. The smallest absolute Gasteiger partial charge is 0.246 e. The van der Waals surface area contributed by atoms with Crippen molar-refractivity contribution in [3.05, 3.63) is 12.2 Å². The van der Waals surface area contributed by atoms with E-state index in [0.717, 1.165) is 0 Å². The first-order valence-electron chi connectivity index (χ1n) is 2.18. The third-order valence-corrected chi connectivity index (χ3v) is 0.797. The summed E-state index contributed by atoms with van der Waals surface area (Å²) in [6.45, 7) is 4.32. The fraction of sp³-hybridized carbons (Fsp3) is 0.400. The Morgan fingerprint density at radius 1 is 1.88 bits per heavy atom. The molecule has 0 aliphatic rings. The lowest BCUT2D eigenvalue weighted by atomic mass is 10.2. The van der Waals surface area contributed by atoms with E-state index in [-0.39, 0.29) is 5.57 Å². The largest absolute Gasteiger partial charge is 0.366 e. The van der Waals surface area contributed by atoms with E-state index in [1.165, 1.54) is 6.92 Å². The summed E-state index contributed by atoms with van der Waals surface area (Å²) in [5.74, 6) is -0.778. The summed E-state index contributed by atoms with van der Waals surface area (Å²) in [5.41, 5.74) is 4.48. The SMILES string of the molecule is C=C(C(N)=O)C(C)F. The molecule has 0 fully saturated rings. The van der Waals surface area contributed by atoms with Gasteiger partial charge in [0, 0.05) is 5.57 Å². The van der Waals surface area contributed by atoms with E-state index in [4.69, 9.17) is 0 Å². The number of primary amides is 1. The predicted octanol–water partition coefficient (Wildman–Crippen LogP) is 0.386.